The number of nitrogens with one attached hydrogen (secondary N) is 1. The number of aromatic nitrogens is 4. The lowest BCUT2D eigenvalue weighted by Crippen LogP contribution is -2.54. The van der Waals surface area contributed by atoms with Gasteiger partial charge in [-0.1, -0.05) is 13.0 Å². The van der Waals surface area contributed by atoms with E-state index in [4.69, 9.17) is 14.2 Å². The second kappa shape index (κ2) is 11.7. The first-order valence-corrected chi connectivity index (χ1v) is 11.9. The van der Waals surface area contributed by atoms with E-state index in [0.29, 0.717) is 40.7 Å². The molecule has 0 aliphatic rings. The molecule has 0 radical (unpaired) electrons. The molecule has 11 nitrogen and oxygen atoms in total. The third-order valence-electron chi connectivity index (χ3n) is 5.47. The number of hydrogen-bond acceptors (Lipinski definition) is 8. The van der Waals surface area contributed by atoms with Crippen LogP contribution in [0.15, 0.2) is 42.5 Å². The molecule has 1 heterocycles. The van der Waals surface area contributed by atoms with E-state index in [0.717, 1.165) is 0 Å². The first-order valence-electron chi connectivity index (χ1n) is 11.9. The average molecular weight is 511 g/mol. The van der Waals surface area contributed by atoms with Crippen molar-refractivity contribution in [2.75, 3.05) is 26.2 Å². The second-order valence-electron chi connectivity index (χ2n) is 9.34. The van der Waals surface area contributed by atoms with Crippen LogP contribution >= 0.6 is 0 Å². The first-order chi connectivity index (χ1) is 17.6. The van der Waals surface area contributed by atoms with E-state index in [1.807, 2.05) is 27.7 Å². The normalized spacial score (nSPS) is 12.0. The van der Waals surface area contributed by atoms with Gasteiger partial charge in [0.25, 0.3) is 5.91 Å². The SMILES string of the molecule is CCC(C(=O)NC(C)(C)C)N(C(=O)Cn1nnc(-c2ccc(OC)c(OC)c2)n1)c1cccc(OC)c1. The minimum atomic E-state index is -0.757. The lowest BCUT2D eigenvalue weighted by atomic mass is 10.1. The highest BCUT2D eigenvalue weighted by Crippen LogP contribution is 2.31. The van der Waals surface area contributed by atoms with Gasteiger partial charge in [-0.15, -0.1) is 10.2 Å². The first kappa shape index (κ1) is 27.4. The maximum atomic E-state index is 13.7. The number of ether oxygens (including phenoxy) is 3. The summed E-state index contributed by atoms with van der Waals surface area (Å²) in [5.41, 5.74) is 0.715. The van der Waals surface area contributed by atoms with Crippen molar-refractivity contribution in [1.82, 2.24) is 25.5 Å². The Kier molecular flexibility index (Phi) is 8.69. The second-order valence-corrected chi connectivity index (χ2v) is 9.34. The van der Waals surface area contributed by atoms with Crippen LogP contribution < -0.4 is 24.4 Å². The van der Waals surface area contributed by atoms with Crippen molar-refractivity contribution >= 4 is 17.5 Å². The van der Waals surface area contributed by atoms with E-state index in [9.17, 15) is 9.59 Å². The zero-order valence-electron chi connectivity index (χ0n) is 22.3. The molecular weight excluding hydrogens is 476 g/mol. The smallest absolute Gasteiger partial charge is 0.251 e. The summed E-state index contributed by atoms with van der Waals surface area (Å²) in [7, 11) is 4.64. The highest BCUT2D eigenvalue weighted by molar-refractivity contribution is 6.00. The molecule has 2 aromatic carbocycles. The summed E-state index contributed by atoms with van der Waals surface area (Å²) < 4.78 is 16.0. The van der Waals surface area contributed by atoms with Gasteiger partial charge in [-0.2, -0.15) is 4.80 Å². The number of methoxy groups -OCH3 is 3. The molecule has 3 aromatic rings. The maximum Gasteiger partial charge on any atom is 0.251 e. The molecule has 198 valence electrons. The summed E-state index contributed by atoms with van der Waals surface area (Å²) in [4.78, 5) is 29.5. The van der Waals surface area contributed by atoms with Crippen LogP contribution in [-0.4, -0.2) is 64.9 Å². The predicted molar refractivity (Wildman–Crippen MR) is 139 cm³/mol. The highest BCUT2D eigenvalue weighted by Gasteiger charge is 2.32. The van der Waals surface area contributed by atoms with Crippen molar-refractivity contribution in [1.29, 1.82) is 0 Å². The molecule has 0 fully saturated rings. The number of amides is 2. The molecule has 0 bridgehead atoms. The molecule has 0 saturated heterocycles. The summed E-state index contributed by atoms with van der Waals surface area (Å²) >= 11 is 0. The van der Waals surface area contributed by atoms with Gasteiger partial charge in [0.15, 0.2) is 11.5 Å². The van der Waals surface area contributed by atoms with Gasteiger partial charge in [-0.3, -0.25) is 14.5 Å². The number of nitrogens with zero attached hydrogens (tertiary/aromatic N) is 5. The maximum absolute atomic E-state index is 13.7. The van der Waals surface area contributed by atoms with Crippen molar-refractivity contribution in [3.8, 4) is 28.6 Å². The van der Waals surface area contributed by atoms with Gasteiger partial charge < -0.3 is 19.5 Å². The lowest BCUT2D eigenvalue weighted by molar-refractivity contribution is -0.128. The quantitative estimate of drug-likeness (QED) is 0.442. The number of tetrazole rings is 1. The zero-order chi connectivity index (χ0) is 27.2. The summed E-state index contributed by atoms with van der Waals surface area (Å²) in [5, 5.41) is 15.5. The van der Waals surface area contributed by atoms with Crippen LogP contribution in [-0.2, 0) is 16.1 Å². The van der Waals surface area contributed by atoms with E-state index >= 15 is 0 Å². The standard InChI is InChI=1S/C26H34N6O5/c1-8-20(25(34)27-26(2,3)4)32(18-10-9-11-19(15-18)35-5)23(33)16-31-29-24(28-30-31)17-12-13-21(36-6)22(14-17)37-7/h9-15,20H,8,16H2,1-7H3,(H,27,34). The molecule has 0 aliphatic heterocycles. The largest absolute Gasteiger partial charge is 0.497 e. The van der Waals surface area contributed by atoms with Crippen LogP contribution in [0.1, 0.15) is 34.1 Å². The molecule has 0 aliphatic carbocycles. The minimum absolute atomic E-state index is 0.225. The van der Waals surface area contributed by atoms with Crippen LogP contribution in [0.3, 0.4) is 0 Å². The van der Waals surface area contributed by atoms with Crippen LogP contribution in [0.5, 0.6) is 17.2 Å². The van der Waals surface area contributed by atoms with Crippen molar-refractivity contribution in [2.24, 2.45) is 0 Å². The van der Waals surface area contributed by atoms with Gasteiger partial charge in [0.2, 0.25) is 11.7 Å². The molecule has 37 heavy (non-hydrogen) atoms. The van der Waals surface area contributed by atoms with Gasteiger partial charge in [0.05, 0.1) is 21.3 Å². The highest BCUT2D eigenvalue weighted by atomic mass is 16.5. The van der Waals surface area contributed by atoms with Crippen LogP contribution in [0.2, 0.25) is 0 Å². The van der Waals surface area contributed by atoms with Gasteiger partial charge in [-0.25, -0.2) is 0 Å². The van der Waals surface area contributed by atoms with Gasteiger partial charge in [0.1, 0.15) is 18.3 Å². The third-order valence-corrected chi connectivity index (χ3v) is 5.47. The summed E-state index contributed by atoms with van der Waals surface area (Å²) in [6.07, 6.45) is 0.395. The Bertz CT molecular complexity index is 1240. The topological polar surface area (TPSA) is 121 Å². The number of anilines is 1. The van der Waals surface area contributed by atoms with E-state index in [2.05, 4.69) is 20.7 Å². The molecule has 0 saturated carbocycles. The Labute approximate surface area is 216 Å². The molecule has 11 heteroatoms. The summed E-state index contributed by atoms with van der Waals surface area (Å²) in [5.74, 6) is 1.34. The molecule has 1 N–H and O–H groups in total. The Morgan fingerprint density at radius 1 is 1.03 bits per heavy atom. The third kappa shape index (κ3) is 6.75. The van der Waals surface area contributed by atoms with Gasteiger partial charge in [0, 0.05) is 22.9 Å². The van der Waals surface area contributed by atoms with Crippen LogP contribution in [0.4, 0.5) is 5.69 Å². The Morgan fingerprint density at radius 3 is 2.38 bits per heavy atom. The number of carbonyl (C=O) groups is 2. The predicted octanol–water partition coefficient (Wildman–Crippen LogP) is 3.09. The molecular formula is C26H34N6O5. The number of rotatable bonds is 10. The summed E-state index contributed by atoms with van der Waals surface area (Å²) in [6.45, 7) is 7.31. The van der Waals surface area contributed by atoms with Crippen molar-refractivity contribution < 1.29 is 23.8 Å². The number of hydrogen-bond donors (Lipinski definition) is 1. The Balaban J connectivity index is 1.92. The van der Waals surface area contributed by atoms with Crippen molar-refractivity contribution in [3.63, 3.8) is 0 Å². The molecule has 1 atom stereocenters. The van der Waals surface area contributed by atoms with Crippen LogP contribution in [0.25, 0.3) is 11.4 Å². The fourth-order valence-corrected chi connectivity index (χ4v) is 3.79. The Hall–Kier alpha value is -4.15. The fourth-order valence-electron chi connectivity index (χ4n) is 3.79. The van der Waals surface area contributed by atoms with Gasteiger partial charge >= 0.3 is 0 Å². The molecule has 3 rings (SSSR count). The molecule has 1 unspecified atom stereocenters. The van der Waals surface area contributed by atoms with Crippen LogP contribution in [0, 0.1) is 0 Å². The fraction of sp³-hybridized carbons (Fsp3) is 0.423. The van der Waals surface area contributed by atoms with Crippen molar-refractivity contribution in [2.45, 2.75) is 52.2 Å². The Morgan fingerprint density at radius 2 is 1.76 bits per heavy atom. The zero-order valence-corrected chi connectivity index (χ0v) is 22.3. The lowest BCUT2D eigenvalue weighted by Gasteiger charge is -2.33. The van der Waals surface area contributed by atoms with Crippen molar-refractivity contribution in [3.05, 3.63) is 42.5 Å². The molecule has 2 amide bonds. The van der Waals surface area contributed by atoms with E-state index in [1.54, 1.807) is 56.7 Å². The molecule has 0 spiro atoms. The summed E-state index contributed by atoms with van der Waals surface area (Å²) in [6, 6.07) is 11.5. The van der Waals surface area contributed by atoms with E-state index < -0.39 is 11.6 Å². The van der Waals surface area contributed by atoms with E-state index in [1.165, 1.54) is 16.8 Å². The average Bonchev–Trinajstić information content (AvgIpc) is 3.33. The number of carbonyl (C=O) groups excluding carboxylic acids is 2. The molecule has 1 aromatic heterocycles. The monoisotopic (exact) mass is 510 g/mol. The van der Waals surface area contributed by atoms with E-state index in [-0.39, 0.29) is 18.4 Å². The van der Waals surface area contributed by atoms with Gasteiger partial charge in [-0.05, 0) is 62.7 Å². The number of benzene rings is 2. The minimum Gasteiger partial charge on any atom is -0.497 e.